The van der Waals surface area contributed by atoms with Crippen LogP contribution in [0.5, 0.6) is 0 Å². The molecule has 0 saturated carbocycles. The maximum absolute atomic E-state index is 12.7. The lowest BCUT2D eigenvalue weighted by Crippen LogP contribution is -2.49. The predicted octanol–water partition coefficient (Wildman–Crippen LogP) is 1.33. The number of benzene rings is 1. The smallest absolute Gasteiger partial charge is 0.417 e. The van der Waals surface area contributed by atoms with Gasteiger partial charge in [0.15, 0.2) is 5.58 Å². The van der Waals surface area contributed by atoms with Gasteiger partial charge in [-0.1, -0.05) is 13.8 Å². The van der Waals surface area contributed by atoms with Crippen LogP contribution in [0.3, 0.4) is 0 Å². The van der Waals surface area contributed by atoms with Crippen molar-refractivity contribution in [2.75, 3.05) is 0 Å². The van der Waals surface area contributed by atoms with E-state index in [1.165, 1.54) is 24.5 Å². The summed E-state index contributed by atoms with van der Waals surface area (Å²) in [6.45, 7) is 3.61. The normalized spacial score (nSPS) is 13.1. The first-order chi connectivity index (χ1) is 12.8. The van der Waals surface area contributed by atoms with E-state index in [0.29, 0.717) is 11.3 Å². The number of carbonyl (C=O) groups is 1. The average molecular weight is 393 g/mol. The number of oxazole rings is 1. The summed E-state index contributed by atoms with van der Waals surface area (Å²) in [5, 5.41) is 2.65. The molecule has 1 aromatic carbocycles. The monoisotopic (exact) mass is 393 g/mol. The third-order valence-corrected chi connectivity index (χ3v) is 5.39. The minimum atomic E-state index is -4.01. The fourth-order valence-corrected chi connectivity index (χ4v) is 3.88. The molecule has 27 heavy (non-hydrogen) atoms. The van der Waals surface area contributed by atoms with Crippen molar-refractivity contribution in [2.45, 2.75) is 31.3 Å². The molecule has 0 aliphatic carbocycles. The summed E-state index contributed by atoms with van der Waals surface area (Å²) < 4.78 is 37.8. The quantitative estimate of drug-likeness (QED) is 0.554. The van der Waals surface area contributed by atoms with Gasteiger partial charge in [0.1, 0.15) is 11.8 Å². The number of furan rings is 1. The van der Waals surface area contributed by atoms with Crippen molar-refractivity contribution < 1.29 is 22.0 Å². The van der Waals surface area contributed by atoms with E-state index in [9.17, 15) is 18.0 Å². The van der Waals surface area contributed by atoms with Gasteiger partial charge in [-0.2, -0.15) is 4.72 Å². The van der Waals surface area contributed by atoms with Crippen LogP contribution in [0, 0.1) is 5.92 Å². The van der Waals surface area contributed by atoms with Gasteiger partial charge in [-0.15, -0.1) is 0 Å². The summed E-state index contributed by atoms with van der Waals surface area (Å²) in [5.41, 5.74) is 0.502. The summed E-state index contributed by atoms with van der Waals surface area (Å²) in [4.78, 5) is 26.0. The lowest BCUT2D eigenvalue weighted by Gasteiger charge is -2.21. The Balaban J connectivity index is 1.78. The fraction of sp³-hybridized carbons (Fsp3) is 0.294. The van der Waals surface area contributed by atoms with Crippen LogP contribution in [0.25, 0.3) is 11.1 Å². The Morgan fingerprint density at radius 3 is 2.70 bits per heavy atom. The summed E-state index contributed by atoms with van der Waals surface area (Å²) in [5.74, 6) is -0.893. The van der Waals surface area contributed by atoms with Crippen molar-refractivity contribution in [1.82, 2.24) is 15.0 Å². The molecule has 2 aromatic heterocycles. The molecule has 0 unspecified atom stereocenters. The topological polar surface area (TPSA) is 134 Å². The largest absolute Gasteiger partial charge is 0.467 e. The van der Waals surface area contributed by atoms with Gasteiger partial charge in [-0.3, -0.25) is 9.78 Å². The van der Waals surface area contributed by atoms with Crippen molar-refractivity contribution >= 4 is 27.0 Å². The molecule has 0 bridgehead atoms. The van der Waals surface area contributed by atoms with Crippen LogP contribution in [-0.4, -0.2) is 25.4 Å². The highest BCUT2D eigenvalue weighted by Gasteiger charge is 2.28. The molecule has 3 N–H and O–H groups in total. The molecule has 144 valence electrons. The highest BCUT2D eigenvalue weighted by Crippen LogP contribution is 2.18. The van der Waals surface area contributed by atoms with Crippen LogP contribution in [-0.2, 0) is 21.4 Å². The third-order valence-electron chi connectivity index (χ3n) is 3.95. The minimum Gasteiger partial charge on any atom is -0.467 e. The van der Waals surface area contributed by atoms with Gasteiger partial charge < -0.3 is 14.2 Å². The van der Waals surface area contributed by atoms with Crippen molar-refractivity contribution in [1.29, 1.82) is 0 Å². The highest BCUT2D eigenvalue weighted by molar-refractivity contribution is 7.89. The van der Waals surface area contributed by atoms with E-state index in [2.05, 4.69) is 15.0 Å². The Labute approximate surface area is 154 Å². The lowest BCUT2D eigenvalue weighted by molar-refractivity contribution is -0.123. The molecule has 10 heteroatoms. The second kappa shape index (κ2) is 7.41. The molecule has 0 radical (unpaired) electrons. The minimum absolute atomic E-state index is 0.109. The van der Waals surface area contributed by atoms with E-state index in [-0.39, 0.29) is 22.9 Å². The molecule has 3 aromatic rings. The molecule has 0 aliphatic heterocycles. The Kier molecular flexibility index (Phi) is 5.19. The summed E-state index contributed by atoms with van der Waals surface area (Å²) in [6, 6.07) is 6.39. The number of fused-ring (bicyclic) bond motifs is 1. The third kappa shape index (κ3) is 4.29. The first kappa shape index (κ1) is 18.9. The van der Waals surface area contributed by atoms with Crippen molar-refractivity contribution in [3.05, 3.63) is 52.9 Å². The number of hydrogen-bond acceptors (Lipinski definition) is 6. The van der Waals surface area contributed by atoms with Gasteiger partial charge in [0.2, 0.25) is 15.9 Å². The molecular weight excluding hydrogens is 374 g/mol. The molecule has 1 amide bonds. The number of amides is 1. The molecule has 9 nitrogen and oxygen atoms in total. The van der Waals surface area contributed by atoms with Crippen molar-refractivity contribution in [3.8, 4) is 0 Å². The first-order valence-electron chi connectivity index (χ1n) is 8.21. The molecule has 0 spiro atoms. The first-order valence-corrected chi connectivity index (χ1v) is 9.70. The Morgan fingerprint density at radius 2 is 2.04 bits per heavy atom. The number of nitrogens with one attached hydrogen (secondary N) is 3. The molecule has 2 heterocycles. The molecule has 3 rings (SSSR count). The summed E-state index contributed by atoms with van der Waals surface area (Å²) in [6.07, 6.45) is 1.49. The fourth-order valence-electron chi connectivity index (χ4n) is 2.52. The maximum Gasteiger partial charge on any atom is 0.417 e. The number of aromatic nitrogens is 1. The lowest BCUT2D eigenvalue weighted by atomic mass is 10.1. The van der Waals surface area contributed by atoms with Gasteiger partial charge in [0.25, 0.3) is 0 Å². The second-order valence-electron chi connectivity index (χ2n) is 6.31. The predicted molar refractivity (Wildman–Crippen MR) is 96.3 cm³/mol. The zero-order valence-electron chi connectivity index (χ0n) is 14.7. The Morgan fingerprint density at radius 1 is 1.26 bits per heavy atom. The van der Waals surface area contributed by atoms with Gasteiger partial charge in [0, 0.05) is 6.07 Å². The van der Waals surface area contributed by atoms with E-state index in [1.807, 2.05) is 0 Å². The van der Waals surface area contributed by atoms with E-state index in [1.54, 1.807) is 26.0 Å². The van der Waals surface area contributed by atoms with E-state index >= 15 is 0 Å². The van der Waals surface area contributed by atoms with Crippen LogP contribution < -0.4 is 15.8 Å². The van der Waals surface area contributed by atoms with Crippen molar-refractivity contribution in [2.24, 2.45) is 5.92 Å². The van der Waals surface area contributed by atoms with E-state index in [4.69, 9.17) is 8.83 Å². The van der Waals surface area contributed by atoms with Crippen LogP contribution in [0.2, 0.25) is 0 Å². The number of aromatic amines is 1. The zero-order valence-corrected chi connectivity index (χ0v) is 15.5. The van der Waals surface area contributed by atoms with Crippen molar-refractivity contribution in [3.63, 3.8) is 0 Å². The van der Waals surface area contributed by atoms with Gasteiger partial charge in [0.05, 0.1) is 23.2 Å². The summed E-state index contributed by atoms with van der Waals surface area (Å²) in [7, 11) is -4.01. The summed E-state index contributed by atoms with van der Waals surface area (Å²) >= 11 is 0. The van der Waals surface area contributed by atoms with Gasteiger partial charge in [-0.25, -0.2) is 13.2 Å². The van der Waals surface area contributed by atoms with Crippen LogP contribution >= 0.6 is 0 Å². The molecule has 0 fully saturated rings. The van der Waals surface area contributed by atoms with E-state index < -0.39 is 27.7 Å². The van der Waals surface area contributed by atoms with Gasteiger partial charge in [-0.05, 0) is 30.2 Å². The van der Waals surface area contributed by atoms with E-state index in [0.717, 1.165) is 0 Å². The SMILES string of the molecule is CC(C)[C@@H](NS(=O)(=O)c1ccc2[nH]c(=O)oc2c1)C(=O)NCc1ccco1. The molecule has 0 saturated heterocycles. The Bertz CT molecular complexity index is 1100. The highest BCUT2D eigenvalue weighted by atomic mass is 32.2. The Hall–Kier alpha value is -2.85. The van der Waals surface area contributed by atoms with Gasteiger partial charge >= 0.3 is 5.76 Å². The zero-order chi connectivity index (χ0) is 19.6. The molecular formula is C17H19N3O6S. The van der Waals surface area contributed by atoms with Crippen LogP contribution in [0.15, 0.2) is 55.1 Å². The number of hydrogen-bond donors (Lipinski definition) is 3. The molecule has 0 aliphatic rings. The van der Waals surface area contributed by atoms with Crippen LogP contribution in [0.1, 0.15) is 19.6 Å². The number of H-pyrrole nitrogens is 1. The number of sulfonamides is 1. The standard InChI is InChI=1S/C17H19N3O6S/c1-10(2)15(16(21)18-9-11-4-3-7-25-11)20-27(23,24)12-5-6-13-14(8-12)26-17(22)19-13/h3-8,10,15,20H,9H2,1-2H3,(H,18,21)(H,19,22)/t15-/m1/s1. The van der Waals surface area contributed by atoms with Crippen LogP contribution in [0.4, 0.5) is 0 Å². The average Bonchev–Trinajstić information content (AvgIpc) is 3.24. The maximum atomic E-state index is 12.7. The number of rotatable bonds is 7. The number of carbonyl (C=O) groups excluding carboxylic acids is 1. The second-order valence-corrected chi connectivity index (χ2v) is 8.03. The molecule has 1 atom stereocenters.